The molecule has 1 atom stereocenters. The van der Waals surface area contributed by atoms with E-state index < -0.39 is 34.9 Å². The number of fused-ring (bicyclic) bond motifs is 1. The van der Waals surface area contributed by atoms with Gasteiger partial charge >= 0.3 is 12.1 Å². The number of benzene rings is 2. The van der Waals surface area contributed by atoms with Crippen LogP contribution in [-0.4, -0.2) is 44.0 Å². The van der Waals surface area contributed by atoms with Gasteiger partial charge in [0.25, 0.3) is 0 Å². The number of nitrogens with one attached hydrogen (secondary N) is 1. The number of alkyl halides is 3. The van der Waals surface area contributed by atoms with Crippen LogP contribution >= 0.6 is 0 Å². The van der Waals surface area contributed by atoms with Crippen molar-refractivity contribution >= 4 is 12.2 Å². The molecule has 4 aromatic rings. The molecule has 3 heterocycles. The summed E-state index contributed by atoms with van der Waals surface area (Å²) in [4.78, 5) is 20.5. The fourth-order valence-electron chi connectivity index (χ4n) is 5.41. The Balaban J connectivity index is 1.55. The van der Waals surface area contributed by atoms with Crippen molar-refractivity contribution in [3.05, 3.63) is 76.8 Å². The van der Waals surface area contributed by atoms with E-state index in [1.165, 1.54) is 41.6 Å². The normalized spacial score (nSPS) is 14.3. The molecule has 0 radical (unpaired) electrons. The summed E-state index contributed by atoms with van der Waals surface area (Å²) < 4.78 is 81.8. The van der Waals surface area contributed by atoms with Crippen molar-refractivity contribution < 1.29 is 41.1 Å². The Hall–Kier alpha value is -4.75. The number of hydrogen-bond donors (Lipinski definition) is 2. The number of aliphatic carboxylic acids is 1. The lowest BCUT2D eigenvalue weighted by molar-refractivity contribution is -0.156. The van der Waals surface area contributed by atoms with E-state index >= 15 is 0 Å². The number of H-pyrrole nitrogens is 1. The van der Waals surface area contributed by atoms with Crippen molar-refractivity contribution in [2.24, 2.45) is 5.10 Å². The Kier molecular flexibility index (Phi) is 9.44. The van der Waals surface area contributed by atoms with Gasteiger partial charge in [-0.1, -0.05) is 44.3 Å². The number of aromatic nitrogens is 3. The number of nitrogens with zero attached hydrogens (tertiary/aromatic N) is 4. The molecule has 46 heavy (non-hydrogen) atoms. The summed E-state index contributed by atoms with van der Waals surface area (Å²) in [5, 5.41) is 20.2. The van der Waals surface area contributed by atoms with Crippen LogP contribution in [0.4, 0.5) is 22.0 Å². The van der Waals surface area contributed by atoms with Crippen LogP contribution in [0.1, 0.15) is 75.1 Å². The van der Waals surface area contributed by atoms with Crippen LogP contribution in [0.15, 0.2) is 52.1 Å². The smallest absolute Gasteiger partial charge is 0.417 e. The highest BCUT2D eigenvalue weighted by Gasteiger charge is 2.50. The number of aromatic amines is 1. The second-order valence-electron chi connectivity index (χ2n) is 11.0. The quantitative estimate of drug-likeness (QED) is 0.112. The number of imidazole rings is 1. The number of ether oxygens (including phenoxy) is 1. The van der Waals surface area contributed by atoms with E-state index in [0.717, 1.165) is 25.0 Å². The Morgan fingerprint density at radius 1 is 1.07 bits per heavy atom. The molecule has 2 aromatic carbocycles. The van der Waals surface area contributed by atoms with E-state index in [1.807, 2.05) is 13.8 Å². The fraction of sp³-hybridized carbons (Fsp3) is 0.375. The third-order valence-electron chi connectivity index (χ3n) is 7.79. The van der Waals surface area contributed by atoms with E-state index in [1.54, 1.807) is 0 Å². The first-order valence-electron chi connectivity index (χ1n) is 14.9. The van der Waals surface area contributed by atoms with Crippen LogP contribution in [0.5, 0.6) is 5.75 Å². The van der Waals surface area contributed by atoms with Gasteiger partial charge in [-0.2, -0.15) is 18.3 Å². The largest absolute Gasteiger partial charge is 0.494 e. The van der Waals surface area contributed by atoms with E-state index in [9.17, 15) is 31.9 Å². The van der Waals surface area contributed by atoms with Crippen LogP contribution in [0.3, 0.4) is 0 Å². The molecular weight excluding hydrogens is 613 g/mol. The Labute approximate surface area is 261 Å². The van der Waals surface area contributed by atoms with Gasteiger partial charge in [0.2, 0.25) is 5.54 Å². The molecule has 0 saturated heterocycles. The summed E-state index contributed by atoms with van der Waals surface area (Å²) in [6.07, 6.45) is -0.0648. The van der Waals surface area contributed by atoms with Crippen molar-refractivity contribution in [1.82, 2.24) is 20.1 Å². The van der Waals surface area contributed by atoms with Crippen LogP contribution < -0.4 is 4.74 Å². The zero-order valence-electron chi connectivity index (χ0n) is 25.1. The summed E-state index contributed by atoms with van der Waals surface area (Å²) in [5.41, 5.74) is -2.99. The zero-order chi connectivity index (χ0) is 33.1. The molecule has 0 bridgehead atoms. The molecule has 1 aliphatic heterocycles. The number of carboxylic acid groups (broad SMARTS) is 1. The van der Waals surface area contributed by atoms with Crippen molar-refractivity contribution in [3.63, 3.8) is 0 Å². The van der Waals surface area contributed by atoms with Gasteiger partial charge in [-0.3, -0.25) is 5.01 Å². The van der Waals surface area contributed by atoms with Crippen molar-refractivity contribution in [3.8, 4) is 28.4 Å². The summed E-state index contributed by atoms with van der Waals surface area (Å²) in [6.45, 7) is 3.87. The molecule has 5 rings (SSSR count). The minimum absolute atomic E-state index is 0.0185. The monoisotopic (exact) mass is 645 g/mol. The Morgan fingerprint density at radius 2 is 1.87 bits per heavy atom. The van der Waals surface area contributed by atoms with E-state index in [4.69, 9.17) is 9.26 Å². The first-order valence-corrected chi connectivity index (χ1v) is 14.9. The van der Waals surface area contributed by atoms with Gasteiger partial charge in [-0.15, -0.1) is 0 Å². The topological polar surface area (TPSA) is 117 Å². The third kappa shape index (κ3) is 6.33. The predicted molar refractivity (Wildman–Crippen MR) is 158 cm³/mol. The maximum atomic E-state index is 14.5. The zero-order valence-corrected chi connectivity index (χ0v) is 25.1. The number of halogens is 5. The van der Waals surface area contributed by atoms with Gasteiger partial charge < -0.3 is 19.4 Å². The van der Waals surface area contributed by atoms with Gasteiger partial charge in [0, 0.05) is 11.6 Å². The molecule has 2 aromatic heterocycles. The van der Waals surface area contributed by atoms with Crippen LogP contribution in [0.25, 0.3) is 22.6 Å². The van der Waals surface area contributed by atoms with E-state index in [0.29, 0.717) is 30.7 Å². The molecule has 2 N–H and O–H groups in total. The maximum Gasteiger partial charge on any atom is 0.417 e. The lowest BCUT2D eigenvalue weighted by Gasteiger charge is -2.37. The fourth-order valence-corrected chi connectivity index (χ4v) is 5.41. The molecule has 1 unspecified atom stereocenters. The summed E-state index contributed by atoms with van der Waals surface area (Å²) in [7, 11) is 0. The number of hydrogen-bond acceptors (Lipinski definition) is 7. The molecule has 0 amide bonds. The first-order chi connectivity index (χ1) is 22.0. The lowest BCUT2D eigenvalue weighted by atomic mass is 9.87. The van der Waals surface area contributed by atoms with Gasteiger partial charge in [-0.25, -0.2) is 18.6 Å². The second-order valence-corrected chi connectivity index (χ2v) is 11.0. The summed E-state index contributed by atoms with van der Waals surface area (Å²) in [6, 6.07) is 8.32. The maximum absolute atomic E-state index is 14.5. The van der Waals surface area contributed by atoms with Gasteiger partial charge in [-0.05, 0) is 49.6 Å². The number of rotatable bonds is 13. The highest BCUT2D eigenvalue weighted by atomic mass is 19.4. The number of hydrazone groups is 1. The highest BCUT2D eigenvalue weighted by Crippen LogP contribution is 2.43. The van der Waals surface area contributed by atoms with Crippen molar-refractivity contribution in [2.75, 3.05) is 6.61 Å². The van der Waals surface area contributed by atoms with Crippen molar-refractivity contribution in [1.29, 1.82) is 0 Å². The van der Waals surface area contributed by atoms with Gasteiger partial charge in [0.05, 0.1) is 41.9 Å². The highest BCUT2D eigenvalue weighted by molar-refractivity contribution is 5.84. The molecule has 0 aliphatic carbocycles. The molecule has 14 heteroatoms. The number of carboxylic acids is 1. The van der Waals surface area contributed by atoms with E-state index in [2.05, 4.69) is 20.2 Å². The predicted octanol–water partition coefficient (Wildman–Crippen LogP) is 7.92. The van der Waals surface area contributed by atoms with E-state index in [-0.39, 0.29) is 53.7 Å². The average molecular weight is 646 g/mol. The Bertz CT molecular complexity index is 1730. The molecule has 244 valence electrons. The lowest BCUT2D eigenvalue weighted by Crippen LogP contribution is -2.50. The molecular formula is C32H32F5N5O4. The molecule has 0 spiro atoms. The number of carbonyl (C=O) groups is 1. The summed E-state index contributed by atoms with van der Waals surface area (Å²) in [5.74, 6) is -3.69. The van der Waals surface area contributed by atoms with Gasteiger partial charge in [0.1, 0.15) is 17.3 Å². The standard InChI is InChI=1S/C32H32F5N5O4/c1-3-5-6-7-13-31(30(43)44,42-18-26-25(17-38-42)39-29(40-26)21-9-8-10-23(33)28(21)34)27-16-24(41-46-27)20-12-11-19(45-14-4-2)15-22(20)32(35,36)37/h8-12,15-17H,3-7,13-14,18H2,1-2H3,(H,39,40)(H,43,44). The van der Waals surface area contributed by atoms with Crippen LogP contribution in [0.2, 0.25) is 0 Å². The molecule has 0 fully saturated rings. The minimum Gasteiger partial charge on any atom is -0.494 e. The minimum atomic E-state index is -4.77. The first kappa shape index (κ1) is 32.6. The Morgan fingerprint density at radius 3 is 2.59 bits per heavy atom. The summed E-state index contributed by atoms with van der Waals surface area (Å²) >= 11 is 0. The average Bonchev–Trinajstić information content (AvgIpc) is 3.68. The van der Waals surface area contributed by atoms with Crippen molar-refractivity contribution in [2.45, 2.75) is 70.6 Å². The molecule has 0 saturated carbocycles. The molecule has 1 aliphatic rings. The van der Waals surface area contributed by atoms with Gasteiger partial charge in [0.15, 0.2) is 17.4 Å². The number of unbranched alkanes of at least 4 members (excludes halogenated alkanes) is 3. The second kappa shape index (κ2) is 13.3. The van der Waals surface area contributed by atoms with Crippen LogP contribution in [-0.2, 0) is 23.1 Å². The molecule has 9 nitrogen and oxygen atoms in total. The SMILES string of the molecule is CCCCCCC(C(=O)O)(c1cc(-c2ccc(OCCC)cc2C(F)(F)F)no1)N1Cc2nc(-c3cccc(F)c3F)[nH]c2C=N1. The van der Waals surface area contributed by atoms with Crippen LogP contribution in [0, 0.1) is 11.6 Å². The third-order valence-corrected chi connectivity index (χ3v) is 7.79.